The summed E-state index contributed by atoms with van der Waals surface area (Å²) in [7, 11) is -2.80. The van der Waals surface area contributed by atoms with Crippen LogP contribution < -0.4 is 5.73 Å². The minimum atomic E-state index is -2.80. The van der Waals surface area contributed by atoms with Crippen LogP contribution in [0.3, 0.4) is 0 Å². The Labute approximate surface area is 93.3 Å². The molecule has 1 rings (SSSR count). The van der Waals surface area contributed by atoms with Gasteiger partial charge < -0.3 is 5.73 Å². The molecule has 1 aliphatic rings. The van der Waals surface area contributed by atoms with E-state index in [9.17, 15) is 8.42 Å². The molecule has 0 aromatic rings. The van der Waals surface area contributed by atoms with E-state index in [0.717, 1.165) is 44.9 Å². The Bertz CT molecular complexity index is 266. The quantitative estimate of drug-likeness (QED) is 0.712. The van der Waals surface area contributed by atoms with Crippen molar-refractivity contribution in [2.24, 2.45) is 5.73 Å². The van der Waals surface area contributed by atoms with Crippen molar-refractivity contribution in [3.8, 4) is 0 Å². The molecule has 0 radical (unpaired) electrons. The van der Waals surface area contributed by atoms with Crippen molar-refractivity contribution in [2.45, 2.75) is 63.2 Å². The first-order valence-electron chi connectivity index (χ1n) is 5.99. The molecule has 0 spiro atoms. The molecule has 0 heterocycles. The van der Waals surface area contributed by atoms with Crippen LogP contribution >= 0.6 is 0 Å². The molecule has 1 saturated carbocycles. The van der Waals surface area contributed by atoms with Crippen LogP contribution in [0.5, 0.6) is 0 Å². The summed E-state index contributed by atoms with van der Waals surface area (Å²) in [6.45, 7) is 1.96. The lowest BCUT2D eigenvalue weighted by Gasteiger charge is -2.11. The Morgan fingerprint density at radius 1 is 1.27 bits per heavy atom. The lowest BCUT2D eigenvalue weighted by Crippen LogP contribution is -2.21. The maximum absolute atomic E-state index is 11.8. The first-order valence-corrected chi connectivity index (χ1v) is 7.71. The Hall–Kier alpha value is -0.0900. The van der Waals surface area contributed by atoms with E-state index in [1.807, 2.05) is 6.92 Å². The molecule has 0 amide bonds. The minimum absolute atomic E-state index is 0.0344. The molecule has 0 saturated heterocycles. The average Bonchev–Trinajstić information content (AvgIpc) is 2.65. The molecular weight excluding hydrogens is 210 g/mol. The molecular formula is C11H23NO2S. The molecule has 15 heavy (non-hydrogen) atoms. The Kier molecular flexibility index (Phi) is 5.06. The third-order valence-electron chi connectivity index (χ3n) is 3.15. The fraction of sp³-hybridized carbons (Fsp3) is 1.00. The lowest BCUT2D eigenvalue weighted by atomic mass is 10.2. The zero-order valence-electron chi connectivity index (χ0n) is 9.61. The van der Waals surface area contributed by atoms with Gasteiger partial charge in [0.25, 0.3) is 0 Å². The Morgan fingerprint density at radius 3 is 2.40 bits per heavy atom. The lowest BCUT2D eigenvalue weighted by molar-refractivity contribution is 0.567. The van der Waals surface area contributed by atoms with Crippen molar-refractivity contribution in [1.29, 1.82) is 0 Å². The van der Waals surface area contributed by atoms with E-state index in [2.05, 4.69) is 0 Å². The standard InChI is InChI=1S/C11H23NO2S/c1-10(12)6-4-5-9-15(13,14)11-7-2-3-8-11/h10-11H,2-9,12H2,1H3. The third-order valence-corrected chi connectivity index (χ3v) is 5.49. The molecule has 2 N–H and O–H groups in total. The first kappa shape index (κ1) is 13.0. The molecule has 4 heteroatoms. The Balaban J connectivity index is 2.24. The summed E-state index contributed by atoms with van der Waals surface area (Å²) >= 11 is 0. The van der Waals surface area contributed by atoms with Crippen LogP contribution in [0.25, 0.3) is 0 Å². The van der Waals surface area contributed by atoms with E-state index in [1.54, 1.807) is 0 Å². The monoisotopic (exact) mass is 233 g/mol. The van der Waals surface area contributed by atoms with Gasteiger partial charge in [-0.3, -0.25) is 0 Å². The fourth-order valence-corrected chi connectivity index (χ4v) is 4.18. The van der Waals surface area contributed by atoms with Crippen LogP contribution in [0.4, 0.5) is 0 Å². The first-order chi connectivity index (χ1) is 7.02. The van der Waals surface area contributed by atoms with Crippen molar-refractivity contribution in [1.82, 2.24) is 0 Å². The maximum Gasteiger partial charge on any atom is 0.153 e. The van der Waals surface area contributed by atoms with Crippen LogP contribution in [0.2, 0.25) is 0 Å². The zero-order chi connectivity index (χ0) is 11.3. The summed E-state index contributed by atoms with van der Waals surface area (Å²) in [6.07, 6.45) is 6.59. The van der Waals surface area contributed by atoms with Crippen LogP contribution in [0.1, 0.15) is 51.9 Å². The van der Waals surface area contributed by atoms with Crippen LogP contribution in [0, 0.1) is 0 Å². The van der Waals surface area contributed by atoms with Crippen molar-refractivity contribution in [2.75, 3.05) is 5.75 Å². The number of rotatable bonds is 6. The SMILES string of the molecule is CC(N)CCCCS(=O)(=O)C1CCCC1. The highest BCUT2D eigenvalue weighted by atomic mass is 32.2. The maximum atomic E-state index is 11.8. The van der Waals surface area contributed by atoms with E-state index < -0.39 is 9.84 Å². The number of nitrogens with two attached hydrogens (primary N) is 1. The topological polar surface area (TPSA) is 60.2 Å². The summed E-state index contributed by atoms with van der Waals surface area (Å²) in [4.78, 5) is 0. The molecule has 1 fully saturated rings. The highest BCUT2D eigenvalue weighted by Crippen LogP contribution is 2.25. The molecule has 0 aromatic carbocycles. The summed E-state index contributed by atoms with van der Waals surface area (Å²) < 4.78 is 23.7. The van der Waals surface area contributed by atoms with Gasteiger partial charge in [0.05, 0.1) is 11.0 Å². The number of hydrogen-bond acceptors (Lipinski definition) is 3. The molecule has 1 aliphatic carbocycles. The highest BCUT2D eigenvalue weighted by molar-refractivity contribution is 7.92. The molecule has 90 valence electrons. The van der Waals surface area contributed by atoms with Gasteiger partial charge in [0, 0.05) is 6.04 Å². The summed E-state index contributed by atoms with van der Waals surface area (Å²) in [5.74, 6) is 0.365. The van der Waals surface area contributed by atoms with Gasteiger partial charge in [-0.15, -0.1) is 0 Å². The zero-order valence-corrected chi connectivity index (χ0v) is 10.4. The molecule has 3 nitrogen and oxygen atoms in total. The van der Waals surface area contributed by atoms with E-state index in [0.29, 0.717) is 5.75 Å². The second-order valence-corrected chi connectivity index (χ2v) is 7.15. The molecule has 1 atom stereocenters. The second kappa shape index (κ2) is 5.85. The van der Waals surface area contributed by atoms with Crippen molar-refractivity contribution in [3.05, 3.63) is 0 Å². The molecule has 1 unspecified atom stereocenters. The van der Waals surface area contributed by atoms with Gasteiger partial charge in [-0.05, 0) is 32.6 Å². The van der Waals surface area contributed by atoms with Gasteiger partial charge >= 0.3 is 0 Å². The van der Waals surface area contributed by atoms with Gasteiger partial charge in [-0.2, -0.15) is 0 Å². The van der Waals surface area contributed by atoms with Gasteiger partial charge in [0.15, 0.2) is 9.84 Å². The predicted octanol–water partition coefficient (Wildman–Crippen LogP) is 1.86. The Morgan fingerprint density at radius 2 is 1.87 bits per heavy atom. The van der Waals surface area contributed by atoms with Crippen molar-refractivity contribution >= 4 is 9.84 Å². The van der Waals surface area contributed by atoms with Crippen molar-refractivity contribution in [3.63, 3.8) is 0 Å². The summed E-state index contributed by atoms with van der Waals surface area (Å²) in [5, 5.41) is -0.0344. The number of hydrogen-bond donors (Lipinski definition) is 1. The molecule has 0 aromatic heterocycles. The van der Waals surface area contributed by atoms with Gasteiger partial charge in [-0.1, -0.05) is 19.3 Å². The van der Waals surface area contributed by atoms with Crippen LogP contribution in [-0.4, -0.2) is 25.5 Å². The van der Waals surface area contributed by atoms with Crippen molar-refractivity contribution < 1.29 is 8.42 Å². The molecule has 0 bridgehead atoms. The van der Waals surface area contributed by atoms with Gasteiger partial charge in [0.1, 0.15) is 0 Å². The minimum Gasteiger partial charge on any atom is -0.328 e. The van der Waals surface area contributed by atoms with E-state index in [4.69, 9.17) is 5.73 Å². The highest BCUT2D eigenvalue weighted by Gasteiger charge is 2.27. The van der Waals surface area contributed by atoms with Crippen LogP contribution in [-0.2, 0) is 9.84 Å². The summed E-state index contributed by atoms with van der Waals surface area (Å²) in [5.41, 5.74) is 5.61. The van der Waals surface area contributed by atoms with E-state index in [1.165, 1.54) is 0 Å². The number of sulfone groups is 1. The van der Waals surface area contributed by atoms with Crippen LogP contribution in [0.15, 0.2) is 0 Å². The average molecular weight is 233 g/mol. The number of unbranched alkanes of at least 4 members (excludes halogenated alkanes) is 1. The summed E-state index contributed by atoms with van der Waals surface area (Å²) in [6, 6.07) is 0.194. The van der Waals surface area contributed by atoms with E-state index >= 15 is 0 Å². The molecule has 0 aliphatic heterocycles. The predicted molar refractivity (Wildman–Crippen MR) is 63.5 cm³/mol. The van der Waals surface area contributed by atoms with E-state index in [-0.39, 0.29) is 11.3 Å². The normalized spacial score (nSPS) is 20.7. The largest absolute Gasteiger partial charge is 0.328 e. The fourth-order valence-electron chi connectivity index (χ4n) is 2.18. The third kappa shape index (κ3) is 4.51. The smallest absolute Gasteiger partial charge is 0.153 e. The van der Waals surface area contributed by atoms with Gasteiger partial charge in [-0.25, -0.2) is 8.42 Å². The van der Waals surface area contributed by atoms with Gasteiger partial charge in [0.2, 0.25) is 0 Å². The second-order valence-electron chi connectivity index (χ2n) is 4.75.